The van der Waals surface area contributed by atoms with Crippen LogP contribution < -0.4 is 4.90 Å². The first-order valence-electron chi connectivity index (χ1n) is 22.4. The van der Waals surface area contributed by atoms with E-state index in [1.807, 2.05) is 0 Å². The third-order valence-corrected chi connectivity index (χ3v) is 15.0. The summed E-state index contributed by atoms with van der Waals surface area (Å²) in [6.45, 7) is 4.72. The topological polar surface area (TPSA) is 3.24 Å². The zero-order chi connectivity index (χ0) is 41.9. The molecular weight excluding hydrogens is 759 g/mol. The lowest BCUT2D eigenvalue weighted by Crippen LogP contribution is -2.33. The highest BCUT2D eigenvalue weighted by Gasteiger charge is 2.57. The van der Waals surface area contributed by atoms with E-state index in [4.69, 9.17) is 0 Å². The SMILES string of the molecule is CC1(C)c2ccccc2-c2c(N(c3ccccc3)c3ccc(-c4ccc5ccccc5c4-c4ccc5c(c4)C4(c6ccccc6-5)c5ccccc5C5C=CC=CC54)cc3)cccc21. The molecule has 0 saturated heterocycles. The quantitative estimate of drug-likeness (QED) is 0.168. The Morgan fingerprint density at radius 2 is 1.05 bits per heavy atom. The summed E-state index contributed by atoms with van der Waals surface area (Å²) in [5, 5.41) is 2.51. The van der Waals surface area contributed by atoms with Gasteiger partial charge in [-0.3, -0.25) is 0 Å². The molecule has 298 valence electrons. The minimum atomic E-state index is -0.287. The molecule has 0 amide bonds. The van der Waals surface area contributed by atoms with Gasteiger partial charge in [0.05, 0.1) is 11.1 Å². The van der Waals surface area contributed by atoms with Crippen molar-refractivity contribution in [3.63, 3.8) is 0 Å². The Balaban J connectivity index is 0.989. The van der Waals surface area contributed by atoms with Gasteiger partial charge in [0, 0.05) is 34.2 Å². The minimum absolute atomic E-state index is 0.0896. The molecule has 63 heavy (non-hydrogen) atoms. The summed E-state index contributed by atoms with van der Waals surface area (Å²) in [6, 6.07) is 75.3. The van der Waals surface area contributed by atoms with Crippen molar-refractivity contribution in [2.75, 3.05) is 4.90 Å². The second kappa shape index (κ2) is 13.5. The Morgan fingerprint density at radius 3 is 1.90 bits per heavy atom. The standard InChI is InChI=1S/C62H45N/c1-61(2)52-25-12-11-24-51(52)60-56(61)29-16-30-58(60)63(43-18-4-3-5-19-43)44-35-31-41(32-36-44)46-37-33-40-17-6-7-20-45(40)59(46)42-34-38-50-49-23-10-15-28-55(49)62(57(50)39-42)53-26-13-8-21-47(53)48-22-9-14-27-54(48)62/h3-39,47,53H,1-2H3. The third kappa shape index (κ3) is 4.99. The highest BCUT2D eigenvalue weighted by atomic mass is 15.1. The van der Waals surface area contributed by atoms with Crippen LogP contribution in [0.5, 0.6) is 0 Å². The van der Waals surface area contributed by atoms with Gasteiger partial charge in [0.2, 0.25) is 0 Å². The molecule has 0 N–H and O–H groups in total. The van der Waals surface area contributed by atoms with E-state index in [9.17, 15) is 0 Å². The Labute approximate surface area is 370 Å². The number of benzene rings is 9. The maximum absolute atomic E-state index is 2.56. The van der Waals surface area contributed by atoms with Crippen molar-refractivity contribution in [1.82, 2.24) is 0 Å². The fourth-order valence-corrected chi connectivity index (χ4v) is 12.3. The van der Waals surface area contributed by atoms with Crippen molar-refractivity contribution >= 4 is 27.8 Å². The molecule has 13 rings (SSSR count). The third-order valence-electron chi connectivity index (χ3n) is 15.0. The van der Waals surface area contributed by atoms with E-state index in [1.165, 1.54) is 94.3 Å². The Hall–Kier alpha value is -7.48. The van der Waals surface area contributed by atoms with Gasteiger partial charge in [0.15, 0.2) is 0 Å². The Bertz CT molecular complexity index is 3380. The number of para-hydroxylation sites is 1. The molecule has 0 radical (unpaired) electrons. The van der Waals surface area contributed by atoms with Crippen LogP contribution in [-0.4, -0.2) is 0 Å². The second-order valence-corrected chi connectivity index (χ2v) is 18.3. The van der Waals surface area contributed by atoms with E-state index < -0.39 is 0 Å². The number of hydrogen-bond donors (Lipinski definition) is 0. The van der Waals surface area contributed by atoms with Crippen LogP contribution in [0.4, 0.5) is 17.1 Å². The molecule has 1 spiro atoms. The lowest BCUT2D eigenvalue weighted by Gasteiger charge is -2.36. The van der Waals surface area contributed by atoms with E-state index >= 15 is 0 Å². The van der Waals surface area contributed by atoms with E-state index in [1.54, 1.807) is 0 Å². The van der Waals surface area contributed by atoms with Crippen LogP contribution in [0.2, 0.25) is 0 Å². The van der Waals surface area contributed by atoms with Gasteiger partial charge in [-0.15, -0.1) is 0 Å². The molecule has 1 nitrogen and oxygen atoms in total. The molecule has 0 saturated carbocycles. The zero-order valence-corrected chi connectivity index (χ0v) is 35.5. The van der Waals surface area contributed by atoms with Gasteiger partial charge in [-0.05, 0) is 119 Å². The van der Waals surface area contributed by atoms with Crippen LogP contribution in [0.1, 0.15) is 53.1 Å². The summed E-state index contributed by atoms with van der Waals surface area (Å²) in [4.78, 5) is 2.45. The number of nitrogens with zero attached hydrogens (tertiary/aromatic N) is 1. The highest BCUT2D eigenvalue weighted by Crippen LogP contribution is 2.65. The smallest absolute Gasteiger partial charge is 0.0543 e. The molecule has 4 aliphatic rings. The molecule has 9 aromatic rings. The fourth-order valence-electron chi connectivity index (χ4n) is 12.3. The molecule has 3 unspecified atom stereocenters. The van der Waals surface area contributed by atoms with Crippen molar-refractivity contribution in [3.05, 3.63) is 258 Å². The first-order chi connectivity index (χ1) is 31.0. The van der Waals surface area contributed by atoms with Gasteiger partial charge in [-0.1, -0.05) is 202 Å². The summed E-state index contributed by atoms with van der Waals surface area (Å²) in [7, 11) is 0. The second-order valence-electron chi connectivity index (χ2n) is 18.3. The monoisotopic (exact) mass is 803 g/mol. The summed E-state index contributed by atoms with van der Waals surface area (Å²) in [5.41, 5.74) is 21.8. The van der Waals surface area contributed by atoms with E-state index in [-0.39, 0.29) is 16.7 Å². The zero-order valence-electron chi connectivity index (χ0n) is 35.5. The minimum Gasteiger partial charge on any atom is -0.310 e. The van der Waals surface area contributed by atoms with E-state index in [0.29, 0.717) is 5.92 Å². The maximum atomic E-state index is 2.56. The normalized spacial score (nSPS) is 19.0. The van der Waals surface area contributed by atoms with Crippen molar-refractivity contribution in [2.24, 2.45) is 5.92 Å². The van der Waals surface area contributed by atoms with Crippen molar-refractivity contribution in [3.8, 4) is 44.5 Å². The van der Waals surface area contributed by atoms with Gasteiger partial charge in [-0.2, -0.15) is 0 Å². The summed E-state index contributed by atoms with van der Waals surface area (Å²) < 4.78 is 0. The number of allylic oxidation sites excluding steroid dienone is 4. The van der Waals surface area contributed by atoms with Crippen LogP contribution in [0.25, 0.3) is 55.3 Å². The first kappa shape index (κ1) is 36.2. The number of fused-ring (bicyclic) bond motifs is 14. The molecule has 0 bridgehead atoms. The molecule has 0 aromatic heterocycles. The lowest BCUT2D eigenvalue weighted by atomic mass is 9.65. The lowest BCUT2D eigenvalue weighted by molar-refractivity contribution is 0.465. The molecule has 9 aromatic carbocycles. The summed E-state index contributed by atoms with van der Waals surface area (Å²) in [5.74, 6) is 0.615. The average Bonchev–Trinajstić information content (AvgIpc) is 3.90. The predicted molar refractivity (Wildman–Crippen MR) is 263 cm³/mol. The molecule has 0 aliphatic heterocycles. The van der Waals surface area contributed by atoms with Crippen LogP contribution in [0, 0.1) is 5.92 Å². The average molecular weight is 804 g/mol. The predicted octanol–water partition coefficient (Wildman–Crippen LogP) is 16.1. The van der Waals surface area contributed by atoms with Crippen molar-refractivity contribution in [1.29, 1.82) is 0 Å². The van der Waals surface area contributed by atoms with Crippen LogP contribution in [0.3, 0.4) is 0 Å². The Kier molecular flexibility index (Phi) is 7.76. The van der Waals surface area contributed by atoms with Gasteiger partial charge < -0.3 is 4.90 Å². The van der Waals surface area contributed by atoms with Crippen LogP contribution in [0.15, 0.2) is 224 Å². The first-order valence-corrected chi connectivity index (χ1v) is 22.4. The maximum Gasteiger partial charge on any atom is 0.0543 e. The molecule has 3 atom stereocenters. The van der Waals surface area contributed by atoms with Crippen LogP contribution in [-0.2, 0) is 10.8 Å². The molecule has 4 aliphatic carbocycles. The van der Waals surface area contributed by atoms with Gasteiger partial charge in [0.1, 0.15) is 0 Å². The molecule has 1 heteroatoms. The van der Waals surface area contributed by atoms with Gasteiger partial charge in [-0.25, -0.2) is 0 Å². The Morgan fingerprint density at radius 1 is 0.413 bits per heavy atom. The van der Waals surface area contributed by atoms with E-state index in [0.717, 1.165) is 11.4 Å². The molecule has 0 fully saturated rings. The summed E-state index contributed by atoms with van der Waals surface area (Å²) >= 11 is 0. The van der Waals surface area contributed by atoms with E-state index in [2.05, 4.69) is 243 Å². The summed E-state index contributed by atoms with van der Waals surface area (Å²) in [6.07, 6.45) is 9.43. The number of hydrogen-bond acceptors (Lipinski definition) is 1. The molecule has 0 heterocycles. The van der Waals surface area contributed by atoms with Crippen LogP contribution >= 0.6 is 0 Å². The number of anilines is 3. The van der Waals surface area contributed by atoms with Crippen molar-refractivity contribution < 1.29 is 0 Å². The van der Waals surface area contributed by atoms with Crippen molar-refractivity contribution in [2.45, 2.75) is 30.6 Å². The molecular formula is C62H45N. The van der Waals surface area contributed by atoms with Gasteiger partial charge >= 0.3 is 0 Å². The highest BCUT2D eigenvalue weighted by molar-refractivity contribution is 6.05. The van der Waals surface area contributed by atoms with Gasteiger partial charge in [0.25, 0.3) is 0 Å². The largest absolute Gasteiger partial charge is 0.310 e. The number of rotatable bonds is 5. The fraction of sp³-hybridized carbons (Fsp3) is 0.0968.